The number of rotatable bonds is 2. The van der Waals surface area contributed by atoms with E-state index in [4.69, 9.17) is 10.5 Å². The Morgan fingerprint density at radius 1 is 1.38 bits per heavy atom. The minimum absolute atomic E-state index is 0.121. The Hall–Kier alpha value is -1.35. The van der Waals surface area contributed by atoms with Crippen molar-refractivity contribution in [3.63, 3.8) is 0 Å². The van der Waals surface area contributed by atoms with Crippen LogP contribution in [0.25, 0.3) is 0 Å². The molecule has 3 nitrogen and oxygen atoms in total. The van der Waals surface area contributed by atoms with Crippen LogP contribution in [0.4, 0.5) is 5.69 Å². The summed E-state index contributed by atoms with van der Waals surface area (Å²) in [5.74, 6) is 0.358. The Balaban J connectivity index is 2.19. The molecule has 16 heavy (non-hydrogen) atoms. The molecule has 0 bridgehead atoms. The molecule has 1 fully saturated rings. The minimum Gasteiger partial charge on any atom is -0.399 e. The fourth-order valence-corrected chi connectivity index (χ4v) is 2.14. The van der Waals surface area contributed by atoms with Crippen LogP contribution in [0.1, 0.15) is 28.8 Å². The number of carbonyl (C=O) groups is 1. The highest BCUT2D eigenvalue weighted by molar-refractivity contribution is 5.99. The first-order valence-electron chi connectivity index (χ1n) is 5.66. The molecule has 1 heterocycles. The molecule has 1 aliphatic heterocycles. The second-order valence-corrected chi connectivity index (χ2v) is 4.33. The van der Waals surface area contributed by atoms with Gasteiger partial charge in [-0.15, -0.1) is 0 Å². The lowest BCUT2D eigenvalue weighted by molar-refractivity contribution is 0.0544. The average Bonchev–Trinajstić information content (AvgIpc) is 2.29. The second kappa shape index (κ2) is 4.66. The topological polar surface area (TPSA) is 52.3 Å². The maximum absolute atomic E-state index is 12.2. The van der Waals surface area contributed by atoms with Crippen molar-refractivity contribution in [1.29, 1.82) is 0 Å². The quantitative estimate of drug-likeness (QED) is 0.612. The van der Waals surface area contributed by atoms with Gasteiger partial charge in [0.2, 0.25) is 0 Å². The molecule has 0 aliphatic carbocycles. The van der Waals surface area contributed by atoms with Gasteiger partial charge in [0.15, 0.2) is 5.78 Å². The normalized spacial score (nSPS) is 17.3. The summed E-state index contributed by atoms with van der Waals surface area (Å²) in [7, 11) is 0. The number of hydrogen-bond acceptors (Lipinski definition) is 3. The Morgan fingerprint density at radius 2 is 2.06 bits per heavy atom. The van der Waals surface area contributed by atoms with Gasteiger partial charge in [0.25, 0.3) is 0 Å². The summed E-state index contributed by atoms with van der Waals surface area (Å²) in [4.78, 5) is 12.2. The Bertz CT molecular complexity index is 395. The summed E-state index contributed by atoms with van der Waals surface area (Å²) in [6.45, 7) is 3.33. The number of anilines is 1. The molecule has 0 unspecified atom stereocenters. The molecule has 2 rings (SSSR count). The zero-order valence-corrected chi connectivity index (χ0v) is 9.53. The third-order valence-electron chi connectivity index (χ3n) is 3.11. The molecule has 1 aromatic carbocycles. The van der Waals surface area contributed by atoms with Crippen molar-refractivity contribution in [2.45, 2.75) is 19.8 Å². The molecule has 0 spiro atoms. The average molecular weight is 219 g/mol. The lowest BCUT2D eigenvalue weighted by Crippen LogP contribution is -2.24. The molecule has 1 aromatic rings. The number of ether oxygens (including phenoxy) is 1. The Kier molecular flexibility index (Phi) is 3.25. The van der Waals surface area contributed by atoms with Gasteiger partial charge in [-0.1, -0.05) is 0 Å². The summed E-state index contributed by atoms with van der Waals surface area (Å²) in [6, 6.07) is 5.48. The van der Waals surface area contributed by atoms with Gasteiger partial charge in [0.05, 0.1) is 0 Å². The van der Waals surface area contributed by atoms with Crippen LogP contribution in [-0.4, -0.2) is 19.0 Å². The van der Waals surface area contributed by atoms with Crippen molar-refractivity contribution in [2.24, 2.45) is 5.92 Å². The van der Waals surface area contributed by atoms with Gasteiger partial charge in [0, 0.05) is 30.4 Å². The van der Waals surface area contributed by atoms with E-state index in [1.165, 1.54) is 0 Å². The summed E-state index contributed by atoms with van der Waals surface area (Å²) in [5, 5.41) is 0. The van der Waals surface area contributed by atoms with Gasteiger partial charge in [-0.3, -0.25) is 4.79 Å². The van der Waals surface area contributed by atoms with Crippen molar-refractivity contribution in [1.82, 2.24) is 0 Å². The van der Waals surface area contributed by atoms with Crippen molar-refractivity contribution in [3.8, 4) is 0 Å². The van der Waals surface area contributed by atoms with E-state index in [-0.39, 0.29) is 11.7 Å². The predicted octanol–water partition coefficient (Wildman–Crippen LogP) is 2.19. The van der Waals surface area contributed by atoms with Crippen molar-refractivity contribution in [3.05, 3.63) is 29.3 Å². The lowest BCUT2D eigenvalue weighted by atomic mass is 9.89. The van der Waals surface area contributed by atoms with Crippen molar-refractivity contribution >= 4 is 11.5 Å². The molecule has 0 aromatic heterocycles. The van der Waals surface area contributed by atoms with Gasteiger partial charge in [-0.2, -0.15) is 0 Å². The van der Waals surface area contributed by atoms with E-state index in [1.54, 1.807) is 6.07 Å². The van der Waals surface area contributed by atoms with Gasteiger partial charge in [-0.25, -0.2) is 0 Å². The number of benzene rings is 1. The second-order valence-electron chi connectivity index (χ2n) is 4.33. The van der Waals surface area contributed by atoms with Gasteiger partial charge >= 0.3 is 0 Å². The summed E-state index contributed by atoms with van der Waals surface area (Å²) >= 11 is 0. The highest BCUT2D eigenvalue weighted by atomic mass is 16.5. The number of nitrogen functional groups attached to an aromatic ring is 1. The van der Waals surface area contributed by atoms with E-state index in [9.17, 15) is 4.79 Å². The number of nitrogens with two attached hydrogens (primary N) is 1. The first kappa shape index (κ1) is 11.1. The van der Waals surface area contributed by atoms with Crippen LogP contribution in [0.3, 0.4) is 0 Å². The van der Waals surface area contributed by atoms with Gasteiger partial charge in [0.1, 0.15) is 0 Å². The zero-order valence-electron chi connectivity index (χ0n) is 9.53. The fourth-order valence-electron chi connectivity index (χ4n) is 2.14. The summed E-state index contributed by atoms with van der Waals surface area (Å²) in [5.41, 5.74) is 8.16. The third-order valence-corrected chi connectivity index (χ3v) is 3.11. The first-order chi connectivity index (χ1) is 7.68. The smallest absolute Gasteiger partial charge is 0.166 e. The van der Waals surface area contributed by atoms with Crippen LogP contribution >= 0.6 is 0 Å². The lowest BCUT2D eigenvalue weighted by Gasteiger charge is -2.21. The molecule has 3 heteroatoms. The standard InChI is InChI=1S/C13H17NO2/c1-9-8-11(14)2-3-12(9)13(15)10-4-6-16-7-5-10/h2-3,8,10H,4-7,14H2,1H3. The van der Waals surface area contributed by atoms with Crippen LogP contribution in [-0.2, 0) is 4.74 Å². The molecular formula is C13H17NO2. The van der Waals surface area contributed by atoms with Gasteiger partial charge < -0.3 is 10.5 Å². The first-order valence-corrected chi connectivity index (χ1v) is 5.66. The Morgan fingerprint density at radius 3 is 2.69 bits per heavy atom. The molecule has 2 N–H and O–H groups in total. The highest BCUT2D eigenvalue weighted by Gasteiger charge is 2.23. The zero-order chi connectivity index (χ0) is 11.5. The monoisotopic (exact) mass is 219 g/mol. The molecular weight excluding hydrogens is 202 g/mol. The minimum atomic E-state index is 0.121. The number of hydrogen-bond donors (Lipinski definition) is 1. The molecule has 0 radical (unpaired) electrons. The maximum Gasteiger partial charge on any atom is 0.166 e. The highest BCUT2D eigenvalue weighted by Crippen LogP contribution is 2.23. The number of Topliss-reactive ketones (excluding diaryl/α,β-unsaturated/α-hetero) is 1. The van der Waals surface area contributed by atoms with Crippen LogP contribution in [0.2, 0.25) is 0 Å². The fraction of sp³-hybridized carbons (Fsp3) is 0.462. The number of ketones is 1. The van der Waals surface area contributed by atoms with Crippen LogP contribution in [0, 0.1) is 12.8 Å². The largest absolute Gasteiger partial charge is 0.399 e. The molecule has 0 atom stereocenters. The molecule has 86 valence electrons. The summed E-state index contributed by atoms with van der Waals surface area (Å²) in [6.07, 6.45) is 1.67. The van der Waals surface area contributed by atoms with Crippen molar-refractivity contribution < 1.29 is 9.53 Å². The van der Waals surface area contributed by atoms with E-state index in [0.717, 1.165) is 24.0 Å². The van der Waals surface area contributed by atoms with E-state index in [2.05, 4.69) is 0 Å². The number of carbonyl (C=O) groups excluding carboxylic acids is 1. The molecule has 0 amide bonds. The Labute approximate surface area is 95.6 Å². The van der Waals surface area contributed by atoms with Crippen molar-refractivity contribution in [2.75, 3.05) is 18.9 Å². The summed E-state index contributed by atoms with van der Waals surface area (Å²) < 4.78 is 5.26. The van der Waals surface area contributed by atoms with E-state index in [1.807, 2.05) is 19.1 Å². The van der Waals surface area contributed by atoms with Crippen LogP contribution < -0.4 is 5.73 Å². The third kappa shape index (κ3) is 2.25. The maximum atomic E-state index is 12.2. The van der Waals surface area contributed by atoms with E-state index >= 15 is 0 Å². The van der Waals surface area contributed by atoms with Crippen LogP contribution in [0.5, 0.6) is 0 Å². The van der Waals surface area contributed by atoms with Crippen LogP contribution in [0.15, 0.2) is 18.2 Å². The SMILES string of the molecule is Cc1cc(N)ccc1C(=O)C1CCOCC1. The van der Waals surface area contributed by atoms with E-state index < -0.39 is 0 Å². The molecule has 1 saturated heterocycles. The number of aryl methyl sites for hydroxylation is 1. The van der Waals surface area contributed by atoms with Gasteiger partial charge in [-0.05, 0) is 43.5 Å². The molecule has 1 aliphatic rings. The molecule has 0 saturated carbocycles. The predicted molar refractivity (Wildman–Crippen MR) is 63.5 cm³/mol. The van der Waals surface area contributed by atoms with E-state index in [0.29, 0.717) is 18.9 Å².